The Kier molecular flexibility index (Phi) is 4.34. The predicted octanol–water partition coefficient (Wildman–Crippen LogP) is 2.56. The van der Waals surface area contributed by atoms with Crippen molar-refractivity contribution in [2.45, 2.75) is 12.5 Å². The van der Waals surface area contributed by atoms with E-state index >= 15 is 0 Å². The molecule has 1 aliphatic rings. The van der Waals surface area contributed by atoms with Gasteiger partial charge in [-0.15, -0.1) is 0 Å². The number of carbonyl (C=O) groups is 1. The third-order valence-corrected chi connectivity index (χ3v) is 3.89. The highest BCUT2D eigenvalue weighted by atomic mass is 16.5. The summed E-state index contributed by atoms with van der Waals surface area (Å²) in [6.45, 7) is 1.91. The van der Waals surface area contributed by atoms with Crippen LogP contribution in [-0.4, -0.2) is 37.2 Å². The van der Waals surface area contributed by atoms with Crippen LogP contribution < -0.4 is 10.2 Å². The zero-order valence-electron chi connectivity index (χ0n) is 12.5. The summed E-state index contributed by atoms with van der Waals surface area (Å²) in [5.74, 6) is -0.151. The van der Waals surface area contributed by atoms with Crippen LogP contribution in [-0.2, 0) is 4.74 Å². The van der Waals surface area contributed by atoms with Crippen LogP contribution in [0.4, 0.5) is 11.4 Å². The van der Waals surface area contributed by atoms with Crippen molar-refractivity contribution in [1.82, 2.24) is 4.98 Å². The zero-order valence-corrected chi connectivity index (χ0v) is 12.5. The molecule has 1 amide bonds. The highest BCUT2D eigenvalue weighted by Crippen LogP contribution is 2.23. The Morgan fingerprint density at radius 1 is 1.32 bits per heavy atom. The molecule has 0 radical (unpaired) electrons. The van der Waals surface area contributed by atoms with E-state index in [1.807, 2.05) is 24.3 Å². The maximum atomic E-state index is 12.1. The first kappa shape index (κ1) is 14.5. The largest absolute Gasteiger partial charge is 0.380 e. The lowest BCUT2D eigenvalue weighted by Gasteiger charge is -2.18. The van der Waals surface area contributed by atoms with Crippen molar-refractivity contribution in [1.29, 1.82) is 0 Å². The Labute approximate surface area is 129 Å². The topological polar surface area (TPSA) is 54.5 Å². The minimum atomic E-state index is -0.151. The standard InChI is InChI=1S/C17H19N3O2/c1-22-16-8-10-20(12-16)15-6-4-14(5-7-15)19-17(21)13-3-2-9-18-11-13/h2-7,9,11,16H,8,10,12H2,1H3,(H,19,21). The number of ether oxygens (including phenoxy) is 1. The van der Waals surface area contributed by atoms with Gasteiger partial charge in [0, 0.05) is 44.0 Å². The highest BCUT2D eigenvalue weighted by molar-refractivity contribution is 6.04. The van der Waals surface area contributed by atoms with E-state index in [2.05, 4.69) is 15.2 Å². The number of anilines is 2. The highest BCUT2D eigenvalue weighted by Gasteiger charge is 2.22. The number of rotatable bonds is 4. The Bertz CT molecular complexity index is 628. The zero-order chi connectivity index (χ0) is 15.4. The fourth-order valence-corrected chi connectivity index (χ4v) is 2.61. The first-order valence-corrected chi connectivity index (χ1v) is 7.35. The van der Waals surface area contributed by atoms with Crippen LogP contribution in [0.5, 0.6) is 0 Å². The molecule has 0 spiro atoms. The van der Waals surface area contributed by atoms with Crippen LogP contribution in [0.3, 0.4) is 0 Å². The van der Waals surface area contributed by atoms with Crippen molar-refractivity contribution in [2.24, 2.45) is 0 Å². The molecule has 1 fully saturated rings. The second-order valence-corrected chi connectivity index (χ2v) is 5.34. The molecule has 1 saturated heterocycles. The molecular weight excluding hydrogens is 278 g/mol. The molecule has 22 heavy (non-hydrogen) atoms. The summed E-state index contributed by atoms with van der Waals surface area (Å²) in [6, 6.07) is 11.4. The molecule has 5 heteroatoms. The van der Waals surface area contributed by atoms with Gasteiger partial charge in [0.05, 0.1) is 11.7 Å². The van der Waals surface area contributed by atoms with Crippen LogP contribution in [0.15, 0.2) is 48.8 Å². The van der Waals surface area contributed by atoms with E-state index in [1.54, 1.807) is 31.6 Å². The normalized spacial score (nSPS) is 17.5. The third kappa shape index (κ3) is 3.26. The molecule has 1 N–H and O–H groups in total. The van der Waals surface area contributed by atoms with Gasteiger partial charge in [0.2, 0.25) is 0 Å². The molecule has 2 aromatic rings. The molecule has 1 aliphatic heterocycles. The summed E-state index contributed by atoms with van der Waals surface area (Å²) in [5, 5.41) is 2.87. The molecule has 1 unspecified atom stereocenters. The molecule has 1 atom stereocenters. The number of nitrogens with zero attached hydrogens (tertiary/aromatic N) is 2. The first-order valence-electron chi connectivity index (χ1n) is 7.35. The number of pyridine rings is 1. The molecule has 0 bridgehead atoms. The molecule has 0 saturated carbocycles. The number of methoxy groups -OCH3 is 1. The van der Waals surface area contributed by atoms with Crippen molar-refractivity contribution in [3.8, 4) is 0 Å². The smallest absolute Gasteiger partial charge is 0.257 e. The Balaban J connectivity index is 1.64. The number of carbonyl (C=O) groups excluding carboxylic acids is 1. The number of benzene rings is 1. The summed E-state index contributed by atoms with van der Waals surface area (Å²) in [6.07, 6.45) is 4.56. The van der Waals surface area contributed by atoms with Gasteiger partial charge in [0.15, 0.2) is 0 Å². The lowest BCUT2D eigenvalue weighted by Crippen LogP contribution is -2.22. The number of amides is 1. The van der Waals surface area contributed by atoms with Gasteiger partial charge in [0.25, 0.3) is 5.91 Å². The Morgan fingerprint density at radius 2 is 2.14 bits per heavy atom. The number of hydrogen-bond donors (Lipinski definition) is 1. The molecule has 2 heterocycles. The van der Waals surface area contributed by atoms with E-state index in [0.717, 1.165) is 30.9 Å². The van der Waals surface area contributed by atoms with Gasteiger partial charge in [-0.1, -0.05) is 0 Å². The second-order valence-electron chi connectivity index (χ2n) is 5.34. The van der Waals surface area contributed by atoms with Crippen LogP contribution in [0.25, 0.3) is 0 Å². The lowest BCUT2D eigenvalue weighted by molar-refractivity contribution is 0.102. The predicted molar refractivity (Wildman–Crippen MR) is 86.3 cm³/mol. The molecule has 5 nitrogen and oxygen atoms in total. The van der Waals surface area contributed by atoms with Gasteiger partial charge >= 0.3 is 0 Å². The van der Waals surface area contributed by atoms with Crippen molar-refractivity contribution in [3.63, 3.8) is 0 Å². The first-order chi connectivity index (χ1) is 10.8. The molecule has 1 aromatic heterocycles. The maximum Gasteiger partial charge on any atom is 0.257 e. The van der Waals surface area contributed by atoms with Gasteiger partial charge in [0.1, 0.15) is 0 Å². The van der Waals surface area contributed by atoms with Crippen LogP contribution in [0, 0.1) is 0 Å². The SMILES string of the molecule is COC1CCN(c2ccc(NC(=O)c3cccnc3)cc2)C1. The van der Waals surface area contributed by atoms with Crippen molar-refractivity contribution >= 4 is 17.3 Å². The average molecular weight is 297 g/mol. The molecule has 0 aliphatic carbocycles. The quantitative estimate of drug-likeness (QED) is 0.942. The minimum Gasteiger partial charge on any atom is -0.380 e. The van der Waals surface area contributed by atoms with Crippen molar-refractivity contribution in [2.75, 3.05) is 30.4 Å². The molecule has 1 aromatic carbocycles. The van der Waals surface area contributed by atoms with Crippen molar-refractivity contribution in [3.05, 3.63) is 54.4 Å². The Hall–Kier alpha value is -2.40. The lowest BCUT2D eigenvalue weighted by atomic mass is 10.2. The summed E-state index contributed by atoms with van der Waals surface area (Å²) in [7, 11) is 1.76. The average Bonchev–Trinajstić information content (AvgIpc) is 3.05. The van der Waals surface area contributed by atoms with E-state index in [9.17, 15) is 4.79 Å². The van der Waals surface area contributed by atoms with E-state index in [1.165, 1.54) is 0 Å². The van der Waals surface area contributed by atoms with Gasteiger partial charge < -0.3 is 15.0 Å². The van der Waals surface area contributed by atoms with Gasteiger partial charge in [-0.25, -0.2) is 0 Å². The van der Waals surface area contributed by atoms with Gasteiger partial charge in [-0.05, 0) is 42.8 Å². The van der Waals surface area contributed by atoms with Gasteiger partial charge in [-0.3, -0.25) is 9.78 Å². The van der Waals surface area contributed by atoms with Crippen LogP contribution in [0.1, 0.15) is 16.8 Å². The second kappa shape index (κ2) is 6.58. The Morgan fingerprint density at radius 3 is 2.77 bits per heavy atom. The number of aromatic nitrogens is 1. The summed E-state index contributed by atoms with van der Waals surface area (Å²) in [4.78, 5) is 18.3. The van der Waals surface area contributed by atoms with E-state index < -0.39 is 0 Å². The fourth-order valence-electron chi connectivity index (χ4n) is 2.61. The summed E-state index contributed by atoms with van der Waals surface area (Å²) < 4.78 is 5.38. The molecule has 114 valence electrons. The fraction of sp³-hybridized carbons (Fsp3) is 0.294. The monoisotopic (exact) mass is 297 g/mol. The van der Waals surface area contributed by atoms with Crippen LogP contribution >= 0.6 is 0 Å². The van der Waals surface area contributed by atoms with Crippen molar-refractivity contribution < 1.29 is 9.53 Å². The van der Waals surface area contributed by atoms with E-state index in [4.69, 9.17) is 4.74 Å². The number of hydrogen-bond acceptors (Lipinski definition) is 4. The molecule has 3 rings (SSSR count). The van der Waals surface area contributed by atoms with Crippen LogP contribution in [0.2, 0.25) is 0 Å². The minimum absolute atomic E-state index is 0.151. The molecular formula is C17H19N3O2. The maximum absolute atomic E-state index is 12.1. The number of nitrogens with one attached hydrogen (secondary N) is 1. The summed E-state index contributed by atoms with van der Waals surface area (Å²) >= 11 is 0. The summed E-state index contributed by atoms with van der Waals surface area (Å²) in [5.41, 5.74) is 2.48. The van der Waals surface area contributed by atoms with E-state index in [-0.39, 0.29) is 5.91 Å². The van der Waals surface area contributed by atoms with Gasteiger partial charge in [-0.2, -0.15) is 0 Å². The third-order valence-electron chi connectivity index (χ3n) is 3.89. The van der Waals surface area contributed by atoms with E-state index in [0.29, 0.717) is 11.7 Å².